The minimum absolute atomic E-state index is 0.485. The molecule has 0 radical (unpaired) electrons. The average molecular weight is 477 g/mol. The molecule has 2 aromatic carbocycles. The van der Waals surface area contributed by atoms with E-state index in [2.05, 4.69) is 47.8 Å². The summed E-state index contributed by atoms with van der Waals surface area (Å²) in [5.41, 5.74) is 2.03. The van der Waals surface area contributed by atoms with Crippen LogP contribution in [0.1, 0.15) is 11.1 Å². The highest BCUT2D eigenvalue weighted by Gasteiger charge is 2.13. The normalized spacial score (nSPS) is 10.1. The number of rotatable bonds is 5. The highest BCUT2D eigenvalue weighted by Crippen LogP contribution is 2.40. The van der Waals surface area contributed by atoms with Crippen LogP contribution in [0, 0.1) is 0 Å². The summed E-state index contributed by atoms with van der Waals surface area (Å²) in [5, 5.41) is 0. The number of hydrogen-bond acceptors (Lipinski definition) is 2. The number of ether oxygens (including phenoxy) is 2. The average Bonchev–Trinajstić information content (AvgIpc) is 2.48. The topological polar surface area (TPSA) is 18.5 Å². The SMILES string of the molecule is COc1c(C=C(Br)Br)ccc(Br)c1OCc1ccccc1. The van der Waals surface area contributed by atoms with Crippen LogP contribution < -0.4 is 9.47 Å². The van der Waals surface area contributed by atoms with Gasteiger partial charge in [-0.05, 0) is 71.6 Å². The summed E-state index contributed by atoms with van der Waals surface area (Å²) in [6, 6.07) is 13.9. The summed E-state index contributed by atoms with van der Waals surface area (Å²) in [6.07, 6.45) is 1.92. The van der Waals surface area contributed by atoms with E-state index < -0.39 is 0 Å². The first kappa shape index (κ1) is 16.6. The molecule has 0 spiro atoms. The first-order valence-corrected chi connectivity index (χ1v) is 8.55. The van der Waals surface area contributed by atoms with Crippen molar-refractivity contribution in [3.8, 4) is 11.5 Å². The second-order valence-corrected chi connectivity index (χ2v) is 7.83. The van der Waals surface area contributed by atoms with Crippen LogP contribution in [0.15, 0.2) is 50.3 Å². The van der Waals surface area contributed by atoms with E-state index in [9.17, 15) is 0 Å². The van der Waals surface area contributed by atoms with Crippen LogP contribution >= 0.6 is 47.8 Å². The van der Waals surface area contributed by atoms with Gasteiger partial charge in [0.05, 0.1) is 15.0 Å². The third-order valence-corrected chi connectivity index (χ3v) is 3.87. The molecule has 0 aliphatic carbocycles. The summed E-state index contributed by atoms with van der Waals surface area (Å²) in [6.45, 7) is 0.485. The predicted octanol–water partition coefficient (Wildman–Crippen LogP) is 6.12. The van der Waals surface area contributed by atoms with Gasteiger partial charge >= 0.3 is 0 Å². The quantitative estimate of drug-likeness (QED) is 0.517. The molecule has 0 heterocycles. The molecule has 5 heteroatoms. The lowest BCUT2D eigenvalue weighted by atomic mass is 10.2. The minimum atomic E-state index is 0.485. The van der Waals surface area contributed by atoms with Crippen molar-refractivity contribution < 1.29 is 9.47 Å². The molecule has 110 valence electrons. The minimum Gasteiger partial charge on any atom is -0.492 e. The Morgan fingerprint density at radius 2 is 1.76 bits per heavy atom. The van der Waals surface area contributed by atoms with E-state index in [-0.39, 0.29) is 0 Å². The van der Waals surface area contributed by atoms with E-state index in [0.717, 1.165) is 19.0 Å². The zero-order chi connectivity index (χ0) is 15.2. The van der Waals surface area contributed by atoms with Gasteiger partial charge in [-0.2, -0.15) is 0 Å². The van der Waals surface area contributed by atoms with E-state index >= 15 is 0 Å². The van der Waals surface area contributed by atoms with Gasteiger partial charge in [-0.15, -0.1) is 0 Å². The fraction of sp³-hybridized carbons (Fsp3) is 0.125. The fourth-order valence-corrected chi connectivity index (χ4v) is 2.78. The third-order valence-electron chi connectivity index (χ3n) is 2.79. The van der Waals surface area contributed by atoms with Crippen LogP contribution in [0.4, 0.5) is 0 Å². The van der Waals surface area contributed by atoms with E-state index in [1.54, 1.807) is 7.11 Å². The first-order valence-electron chi connectivity index (χ1n) is 6.17. The first-order chi connectivity index (χ1) is 10.1. The van der Waals surface area contributed by atoms with Gasteiger partial charge in [0.1, 0.15) is 6.61 Å². The van der Waals surface area contributed by atoms with Crippen LogP contribution in [0.2, 0.25) is 0 Å². The molecule has 0 amide bonds. The van der Waals surface area contributed by atoms with Crippen LogP contribution in [0.3, 0.4) is 0 Å². The van der Waals surface area contributed by atoms with Gasteiger partial charge in [0, 0.05) is 5.56 Å². The molecular formula is C16H13Br3O2. The Hall–Kier alpha value is -0.780. The van der Waals surface area contributed by atoms with Crippen molar-refractivity contribution in [2.24, 2.45) is 0 Å². The molecule has 0 atom stereocenters. The lowest BCUT2D eigenvalue weighted by molar-refractivity contribution is 0.282. The maximum atomic E-state index is 5.94. The van der Waals surface area contributed by atoms with Gasteiger partial charge in [-0.3, -0.25) is 0 Å². The molecule has 2 nitrogen and oxygen atoms in total. The number of halogens is 3. The Labute approximate surface area is 149 Å². The second kappa shape index (κ2) is 8.01. The van der Waals surface area contributed by atoms with Crippen molar-refractivity contribution in [1.29, 1.82) is 0 Å². The number of hydrogen-bond donors (Lipinski definition) is 0. The number of benzene rings is 2. The fourth-order valence-electron chi connectivity index (χ4n) is 1.86. The van der Waals surface area contributed by atoms with Gasteiger partial charge in [0.25, 0.3) is 0 Å². The smallest absolute Gasteiger partial charge is 0.176 e. The molecule has 2 aromatic rings. The van der Waals surface area contributed by atoms with E-state index in [1.807, 2.05) is 48.5 Å². The summed E-state index contributed by atoms with van der Waals surface area (Å²) in [4.78, 5) is 0. The standard InChI is InChI=1S/C16H13Br3O2/c1-20-15-12(9-14(18)19)7-8-13(17)16(15)21-10-11-5-3-2-4-6-11/h2-9H,10H2,1H3. The molecule has 0 N–H and O–H groups in total. The monoisotopic (exact) mass is 474 g/mol. The Balaban J connectivity index is 2.31. The molecule has 0 saturated carbocycles. The van der Waals surface area contributed by atoms with Crippen molar-refractivity contribution in [1.82, 2.24) is 0 Å². The number of methoxy groups -OCH3 is 1. The zero-order valence-corrected chi connectivity index (χ0v) is 16.0. The maximum absolute atomic E-state index is 5.94. The molecule has 0 fully saturated rings. The highest BCUT2D eigenvalue weighted by molar-refractivity contribution is 9.28. The van der Waals surface area contributed by atoms with Crippen molar-refractivity contribution >= 4 is 53.9 Å². The lowest BCUT2D eigenvalue weighted by Gasteiger charge is -2.15. The summed E-state index contributed by atoms with van der Waals surface area (Å²) < 4.78 is 13.1. The van der Waals surface area contributed by atoms with E-state index in [0.29, 0.717) is 18.1 Å². The maximum Gasteiger partial charge on any atom is 0.176 e. The highest BCUT2D eigenvalue weighted by atomic mass is 79.9. The summed E-state index contributed by atoms with van der Waals surface area (Å²) >= 11 is 10.2. The lowest BCUT2D eigenvalue weighted by Crippen LogP contribution is -1.99. The zero-order valence-electron chi connectivity index (χ0n) is 11.3. The Kier molecular flexibility index (Phi) is 6.33. The Morgan fingerprint density at radius 3 is 2.38 bits per heavy atom. The molecule has 0 aliphatic rings. The molecular weight excluding hydrogens is 464 g/mol. The van der Waals surface area contributed by atoms with Gasteiger partial charge in [-0.25, -0.2) is 0 Å². The summed E-state index contributed by atoms with van der Waals surface area (Å²) in [7, 11) is 1.64. The van der Waals surface area contributed by atoms with Crippen LogP contribution in [0.25, 0.3) is 6.08 Å². The van der Waals surface area contributed by atoms with Crippen molar-refractivity contribution in [3.63, 3.8) is 0 Å². The van der Waals surface area contributed by atoms with Crippen LogP contribution in [0.5, 0.6) is 11.5 Å². The Morgan fingerprint density at radius 1 is 1.05 bits per heavy atom. The molecule has 0 saturated heterocycles. The van der Waals surface area contributed by atoms with E-state index in [4.69, 9.17) is 9.47 Å². The second-order valence-electron chi connectivity index (χ2n) is 4.21. The summed E-state index contributed by atoms with van der Waals surface area (Å²) in [5.74, 6) is 1.38. The molecule has 0 unspecified atom stereocenters. The van der Waals surface area contributed by atoms with Gasteiger partial charge in [-0.1, -0.05) is 30.3 Å². The molecule has 0 aliphatic heterocycles. The molecule has 21 heavy (non-hydrogen) atoms. The van der Waals surface area contributed by atoms with Crippen LogP contribution in [-0.2, 0) is 6.61 Å². The third kappa shape index (κ3) is 4.59. The van der Waals surface area contributed by atoms with Crippen molar-refractivity contribution in [2.45, 2.75) is 6.61 Å². The Bertz CT molecular complexity index is 635. The molecule has 0 aromatic heterocycles. The van der Waals surface area contributed by atoms with Gasteiger partial charge in [0.15, 0.2) is 11.5 Å². The van der Waals surface area contributed by atoms with Crippen molar-refractivity contribution in [2.75, 3.05) is 7.11 Å². The molecule has 0 bridgehead atoms. The largest absolute Gasteiger partial charge is 0.492 e. The van der Waals surface area contributed by atoms with Crippen molar-refractivity contribution in [3.05, 3.63) is 61.5 Å². The van der Waals surface area contributed by atoms with Gasteiger partial charge in [0.2, 0.25) is 0 Å². The van der Waals surface area contributed by atoms with E-state index in [1.165, 1.54) is 0 Å². The predicted molar refractivity (Wildman–Crippen MR) is 97.3 cm³/mol. The molecule has 2 rings (SSSR count). The van der Waals surface area contributed by atoms with Crippen LogP contribution in [-0.4, -0.2) is 7.11 Å². The van der Waals surface area contributed by atoms with Gasteiger partial charge < -0.3 is 9.47 Å².